The van der Waals surface area contributed by atoms with E-state index in [0.29, 0.717) is 12.0 Å². The van der Waals surface area contributed by atoms with Gasteiger partial charge in [-0.2, -0.15) is 0 Å². The van der Waals surface area contributed by atoms with Crippen LogP contribution in [0, 0.1) is 11.7 Å². The maximum absolute atomic E-state index is 13.9. The van der Waals surface area contributed by atoms with E-state index in [9.17, 15) is 4.39 Å². The molecule has 0 aliphatic heterocycles. The molecule has 2 unspecified atom stereocenters. The van der Waals surface area contributed by atoms with Crippen LogP contribution in [0.2, 0.25) is 0 Å². The number of nitrogens with zero attached hydrogens (tertiary/aromatic N) is 1. The minimum Gasteiger partial charge on any atom is -0.369 e. The summed E-state index contributed by atoms with van der Waals surface area (Å²) < 4.78 is 13.9. The van der Waals surface area contributed by atoms with Crippen molar-refractivity contribution in [3.63, 3.8) is 0 Å². The summed E-state index contributed by atoms with van der Waals surface area (Å²) in [4.78, 5) is 2.18. The normalized spacial score (nSPS) is 23.3. The van der Waals surface area contributed by atoms with Crippen LogP contribution in [0.5, 0.6) is 0 Å². The zero-order valence-corrected chi connectivity index (χ0v) is 12.0. The number of hydrogen-bond donors (Lipinski definition) is 1. The summed E-state index contributed by atoms with van der Waals surface area (Å²) in [5.41, 5.74) is 0.741. The molecule has 1 aliphatic rings. The number of nitrogens with one attached hydrogen (secondary N) is 1. The molecule has 0 bridgehead atoms. The van der Waals surface area contributed by atoms with Crippen LogP contribution < -0.4 is 10.2 Å². The second-order valence-electron chi connectivity index (χ2n) is 5.43. The fourth-order valence-corrected chi connectivity index (χ4v) is 3.20. The molecule has 3 heteroatoms. The summed E-state index contributed by atoms with van der Waals surface area (Å²) in [5.74, 6) is 0.513. The van der Waals surface area contributed by atoms with Gasteiger partial charge in [0.15, 0.2) is 0 Å². The van der Waals surface area contributed by atoms with E-state index in [1.807, 2.05) is 19.2 Å². The van der Waals surface area contributed by atoms with E-state index in [-0.39, 0.29) is 5.82 Å². The standard InChI is InChI=1S/C16H25FN2/c1-3-19(16-11-7-5-9-14(16)17)12-13-8-4-6-10-15(13)18-2/h5,7,9,11,13,15,18H,3-4,6,8,10,12H2,1-2H3. The number of rotatable bonds is 5. The lowest BCUT2D eigenvalue weighted by molar-refractivity contribution is 0.276. The van der Waals surface area contributed by atoms with Gasteiger partial charge in [0.1, 0.15) is 5.82 Å². The predicted molar refractivity (Wildman–Crippen MR) is 79.1 cm³/mol. The minimum atomic E-state index is -0.110. The highest BCUT2D eigenvalue weighted by molar-refractivity contribution is 5.47. The first-order valence-corrected chi connectivity index (χ1v) is 7.43. The quantitative estimate of drug-likeness (QED) is 0.876. The predicted octanol–water partition coefficient (Wildman–Crippen LogP) is 3.43. The van der Waals surface area contributed by atoms with Crippen LogP contribution in [0.1, 0.15) is 32.6 Å². The van der Waals surface area contributed by atoms with Gasteiger partial charge in [-0.05, 0) is 44.9 Å². The van der Waals surface area contributed by atoms with Gasteiger partial charge in [-0.15, -0.1) is 0 Å². The second kappa shape index (κ2) is 6.90. The summed E-state index contributed by atoms with van der Waals surface area (Å²) in [6.07, 6.45) is 5.11. The molecule has 1 saturated carbocycles. The highest BCUT2D eigenvalue weighted by atomic mass is 19.1. The lowest BCUT2D eigenvalue weighted by Gasteiger charge is -2.36. The molecule has 0 saturated heterocycles. The second-order valence-corrected chi connectivity index (χ2v) is 5.43. The highest BCUT2D eigenvalue weighted by Crippen LogP contribution is 2.27. The van der Waals surface area contributed by atoms with Crippen LogP contribution in [-0.4, -0.2) is 26.2 Å². The van der Waals surface area contributed by atoms with Gasteiger partial charge in [-0.25, -0.2) is 4.39 Å². The van der Waals surface area contributed by atoms with Crippen LogP contribution in [-0.2, 0) is 0 Å². The Kier molecular flexibility index (Phi) is 5.20. The fourth-order valence-electron chi connectivity index (χ4n) is 3.20. The van der Waals surface area contributed by atoms with Crippen molar-refractivity contribution in [3.8, 4) is 0 Å². The molecule has 1 N–H and O–H groups in total. The Labute approximate surface area is 116 Å². The molecule has 2 rings (SSSR count). The van der Waals surface area contributed by atoms with Gasteiger partial charge in [0, 0.05) is 19.1 Å². The Morgan fingerprint density at radius 2 is 2.00 bits per heavy atom. The average molecular weight is 264 g/mol. The smallest absolute Gasteiger partial charge is 0.146 e. The Balaban J connectivity index is 2.08. The van der Waals surface area contributed by atoms with Crippen molar-refractivity contribution in [1.82, 2.24) is 5.32 Å². The Bertz CT molecular complexity index is 394. The summed E-state index contributed by atoms with van der Waals surface area (Å²) in [6, 6.07) is 7.68. The fraction of sp³-hybridized carbons (Fsp3) is 0.625. The monoisotopic (exact) mass is 264 g/mol. The van der Waals surface area contributed by atoms with Gasteiger partial charge in [0.25, 0.3) is 0 Å². The van der Waals surface area contributed by atoms with Crippen LogP contribution in [0.25, 0.3) is 0 Å². The van der Waals surface area contributed by atoms with E-state index in [1.54, 1.807) is 12.1 Å². The Morgan fingerprint density at radius 3 is 2.68 bits per heavy atom. The zero-order valence-electron chi connectivity index (χ0n) is 12.0. The topological polar surface area (TPSA) is 15.3 Å². The number of hydrogen-bond acceptors (Lipinski definition) is 2. The molecule has 106 valence electrons. The van der Waals surface area contributed by atoms with Crippen molar-refractivity contribution in [1.29, 1.82) is 0 Å². The SMILES string of the molecule is CCN(CC1CCCCC1NC)c1ccccc1F. The van der Waals surface area contributed by atoms with Crippen LogP contribution in [0.15, 0.2) is 24.3 Å². The molecule has 1 aromatic carbocycles. The molecule has 0 aromatic heterocycles. The maximum Gasteiger partial charge on any atom is 0.146 e. The first-order chi connectivity index (χ1) is 9.26. The molecule has 1 aliphatic carbocycles. The molecule has 2 nitrogen and oxygen atoms in total. The van der Waals surface area contributed by atoms with E-state index >= 15 is 0 Å². The lowest BCUT2D eigenvalue weighted by atomic mass is 9.84. The molecule has 2 atom stereocenters. The summed E-state index contributed by atoms with van der Waals surface area (Å²) in [6.45, 7) is 3.90. The number of benzene rings is 1. The third-order valence-electron chi connectivity index (χ3n) is 4.31. The maximum atomic E-state index is 13.9. The van der Waals surface area contributed by atoms with Gasteiger partial charge >= 0.3 is 0 Å². The summed E-state index contributed by atoms with van der Waals surface area (Å²) in [5, 5.41) is 3.43. The largest absolute Gasteiger partial charge is 0.369 e. The molecule has 0 radical (unpaired) electrons. The van der Waals surface area contributed by atoms with E-state index in [2.05, 4.69) is 17.1 Å². The molecule has 1 fully saturated rings. The highest BCUT2D eigenvalue weighted by Gasteiger charge is 2.26. The first-order valence-electron chi connectivity index (χ1n) is 7.43. The number of anilines is 1. The molecule has 0 amide bonds. The van der Waals surface area contributed by atoms with Crippen molar-refractivity contribution in [2.24, 2.45) is 5.92 Å². The number of para-hydroxylation sites is 1. The third-order valence-corrected chi connectivity index (χ3v) is 4.31. The van der Waals surface area contributed by atoms with Crippen molar-refractivity contribution in [2.45, 2.75) is 38.6 Å². The molecular formula is C16H25FN2. The van der Waals surface area contributed by atoms with Gasteiger partial charge < -0.3 is 10.2 Å². The van der Waals surface area contributed by atoms with Crippen molar-refractivity contribution in [2.75, 3.05) is 25.0 Å². The summed E-state index contributed by atoms with van der Waals surface area (Å²) >= 11 is 0. The Morgan fingerprint density at radius 1 is 1.26 bits per heavy atom. The van der Waals surface area contributed by atoms with Crippen molar-refractivity contribution >= 4 is 5.69 Å². The van der Waals surface area contributed by atoms with E-state index in [4.69, 9.17) is 0 Å². The third kappa shape index (κ3) is 3.47. The zero-order chi connectivity index (χ0) is 13.7. The lowest BCUT2D eigenvalue weighted by Crippen LogP contribution is -2.43. The molecule has 0 spiro atoms. The van der Waals surface area contributed by atoms with Gasteiger partial charge in [0.05, 0.1) is 5.69 Å². The summed E-state index contributed by atoms with van der Waals surface area (Å²) in [7, 11) is 2.04. The van der Waals surface area contributed by atoms with Crippen molar-refractivity contribution < 1.29 is 4.39 Å². The van der Waals surface area contributed by atoms with E-state index < -0.39 is 0 Å². The van der Waals surface area contributed by atoms with Crippen LogP contribution in [0.4, 0.5) is 10.1 Å². The van der Waals surface area contributed by atoms with Gasteiger partial charge in [-0.1, -0.05) is 25.0 Å². The Hall–Kier alpha value is -1.09. The minimum absolute atomic E-state index is 0.110. The van der Waals surface area contributed by atoms with E-state index in [0.717, 1.165) is 18.8 Å². The van der Waals surface area contributed by atoms with Crippen molar-refractivity contribution in [3.05, 3.63) is 30.1 Å². The first kappa shape index (κ1) is 14.3. The molecule has 19 heavy (non-hydrogen) atoms. The number of halogens is 1. The van der Waals surface area contributed by atoms with E-state index in [1.165, 1.54) is 25.7 Å². The molecule has 0 heterocycles. The van der Waals surface area contributed by atoms with Gasteiger partial charge in [-0.3, -0.25) is 0 Å². The van der Waals surface area contributed by atoms with Crippen LogP contribution in [0.3, 0.4) is 0 Å². The molecular weight excluding hydrogens is 239 g/mol. The average Bonchev–Trinajstić information content (AvgIpc) is 2.46. The van der Waals surface area contributed by atoms with Crippen LogP contribution >= 0.6 is 0 Å². The van der Waals surface area contributed by atoms with Gasteiger partial charge in [0.2, 0.25) is 0 Å². The molecule has 1 aromatic rings.